The van der Waals surface area contributed by atoms with Gasteiger partial charge in [-0.15, -0.1) is 0 Å². The van der Waals surface area contributed by atoms with Crippen LogP contribution in [-0.4, -0.2) is 25.3 Å². The van der Waals surface area contributed by atoms with Crippen LogP contribution in [0.1, 0.15) is 6.92 Å². The number of rotatable bonds is 1. The Morgan fingerprint density at radius 3 is 2.62 bits per heavy atom. The van der Waals surface area contributed by atoms with Crippen LogP contribution in [0.4, 0.5) is 0 Å². The summed E-state index contributed by atoms with van der Waals surface area (Å²) in [6.45, 7) is 2.45. The summed E-state index contributed by atoms with van der Waals surface area (Å²) in [5.41, 5.74) is 1.16. The average molecular weight is 113 g/mol. The van der Waals surface area contributed by atoms with Crippen LogP contribution in [0, 0.1) is 5.41 Å². The van der Waals surface area contributed by atoms with Crippen LogP contribution in [-0.2, 0) is 0 Å². The second kappa shape index (κ2) is 3.46. The first-order chi connectivity index (χ1) is 3.72. The third-order valence-corrected chi connectivity index (χ3v) is 0.808. The molecule has 0 aliphatic carbocycles. The first-order valence-electron chi connectivity index (χ1n) is 2.38. The van der Waals surface area contributed by atoms with E-state index in [2.05, 4.69) is 0 Å². The third kappa shape index (κ3) is 1.95. The number of hydrogen-bond donors (Lipinski definition) is 3. The molecule has 0 aromatic rings. The lowest BCUT2D eigenvalue weighted by molar-refractivity contribution is -0.561. The molecule has 0 amide bonds. The van der Waals surface area contributed by atoms with Gasteiger partial charge >= 0.3 is 0 Å². The number of nitrogens with zero attached hydrogens (tertiary/aromatic N) is 1. The maximum absolute atomic E-state index is 6.96. The van der Waals surface area contributed by atoms with E-state index in [-0.39, 0.29) is 5.96 Å². The maximum Gasteiger partial charge on any atom is 0.300 e. The highest BCUT2D eigenvalue weighted by Crippen LogP contribution is 1.70. The Kier molecular flexibility index (Phi) is 3.22. The van der Waals surface area contributed by atoms with Crippen molar-refractivity contribution in [1.29, 1.82) is 5.41 Å². The van der Waals surface area contributed by atoms with Gasteiger partial charge in [0.05, 0.1) is 0 Å². The fourth-order valence-corrected chi connectivity index (χ4v) is 0.266. The Morgan fingerprint density at radius 1 is 2.00 bits per heavy atom. The molecule has 0 aliphatic rings. The van der Waals surface area contributed by atoms with Crippen molar-refractivity contribution < 1.29 is 5.43 Å². The molecular weight excluding hydrogens is 103 g/mol. The summed E-state index contributed by atoms with van der Waals surface area (Å²) >= 11 is 0. The zero-order valence-electron chi connectivity index (χ0n) is 4.89. The summed E-state index contributed by atoms with van der Waals surface area (Å²) in [5, 5.41) is 6.96. The van der Waals surface area contributed by atoms with Gasteiger partial charge in [0.15, 0.2) is 0 Å². The molecule has 0 aromatic heterocycles. The molecule has 44 valence electrons. The highest BCUT2D eigenvalue weighted by molar-refractivity contribution is 6.12. The molecule has 5 heteroatoms. The second-order valence-electron chi connectivity index (χ2n) is 1.34. The summed E-state index contributed by atoms with van der Waals surface area (Å²) in [5.74, 6) is 5.12. The molecule has 0 saturated heterocycles. The van der Waals surface area contributed by atoms with Gasteiger partial charge in [-0.3, -0.25) is 0 Å². The topological polar surface area (TPSA) is 69.7 Å². The molecule has 0 rings (SSSR count). The smallest absolute Gasteiger partial charge is 0.300 e. The first kappa shape index (κ1) is 7.45. The van der Waals surface area contributed by atoms with E-state index >= 15 is 0 Å². The zero-order chi connectivity index (χ0) is 6.57. The molecule has 0 atom stereocenters. The Bertz CT molecular complexity index is 83.4. The van der Waals surface area contributed by atoms with E-state index in [1.807, 2.05) is 6.92 Å². The van der Waals surface area contributed by atoms with Crippen LogP contribution < -0.4 is 11.3 Å². The molecule has 0 aliphatic heterocycles. The minimum Gasteiger partial charge on any atom is -0.365 e. The SMILES string of the molecule is [B]N(CC)C(=N)[NH2+]N. The van der Waals surface area contributed by atoms with Crippen molar-refractivity contribution in [2.45, 2.75) is 6.92 Å². The molecular formula is C3H10BN4+. The van der Waals surface area contributed by atoms with E-state index in [0.29, 0.717) is 6.54 Å². The summed E-state index contributed by atoms with van der Waals surface area (Å²) < 4.78 is 0. The molecule has 0 heterocycles. The zero-order valence-corrected chi connectivity index (χ0v) is 4.89. The highest BCUT2D eigenvalue weighted by atomic mass is 15.3. The molecule has 0 fully saturated rings. The Hall–Kier alpha value is -0.545. The Balaban J connectivity index is 3.46. The van der Waals surface area contributed by atoms with Gasteiger partial charge in [0.2, 0.25) is 7.98 Å². The molecule has 5 N–H and O–H groups in total. The van der Waals surface area contributed by atoms with E-state index in [4.69, 9.17) is 19.2 Å². The predicted octanol–water partition coefficient (Wildman–Crippen LogP) is -2.24. The second-order valence-corrected chi connectivity index (χ2v) is 1.34. The molecule has 0 aromatic carbocycles. The lowest BCUT2D eigenvalue weighted by Crippen LogP contribution is -2.97. The van der Waals surface area contributed by atoms with Gasteiger partial charge in [0.1, 0.15) is 0 Å². The van der Waals surface area contributed by atoms with Crippen LogP contribution in [0.3, 0.4) is 0 Å². The molecule has 0 spiro atoms. The molecule has 8 heavy (non-hydrogen) atoms. The quantitative estimate of drug-likeness (QED) is 0.118. The van der Waals surface area contributed by atoms with Gasteiger partial charge in [-0.1, -0.05) is 0 Å². The first-order valence-corrected chi connectivity index (χ1v) is 2.38. The number of nitrogens with two attached hydrogens (primary N) is 2. The summed E-state index contributed by atoms with van der Waals surface area (Å²) in [4.78, 5) is 1.25. The van der Waals surface area contributed by atoms with Crippen molar-refractivity contribution >= 4 is 13.9 Å². The maximum atomic E-state index is 6.96. The van der Waals surface area contributed by atoms with Crippen LogP contribution in [0.15, 0.2) is 0 Å². The number of quaternary nitrogens is 1. The minimum atomic E-state index is 0.146. The van der Waals surface area contributed by atoms with Gasteiger partial charge in [0.25, 0.3) is 5.96 Å². The predicted molar refractivity (Wildman–Crippen MR) is 32.0 cm³/mol. The largest absolute Gasteiger partial charge is 0.365 e. The minimum absolute atomic E-state index is 0.146. The van der Waals surface area contributed by atoms with Crippen LogP contribution >= 0.6 is 0 Å². The molecule has 0 bridgehead atoms. The molecule has 4 nitrogen and oxygen atoms in total. The van der Waals surface area contributed by atoms with Crippen LogP contribution in [0.2, 0.25) is 0 Å². The fourth-order valence-electron chi connectivity index (χ4n) is 0.266. The van der Waals surface area contributed by atoms with E-state index in [9.17, 15) is 0 Å². The molecule has 2 radical (unpaired) electrons. The van der Waals surface area contributed by atoms with Gasteiger partial charge in [0, 0.05) is 6.54 Å². The van der Waals surface area contributed by atoms with E-state index < -0.39 is 0 Å². The lowest BCUT2D eigenvalue weighted by atomic mass is 10.3. The number of hydrogen-bond acceptors (Lipinski definition) is 2. The van der Waals surface area contributed by atoms with E-state index in [1.165, 1.54) is 4.81 Å². The monoisotopic (exact) mass is 113 g/mol. The summed E-state index contributed by atoms with van der Waals surface area (Å²) in [6, 6.07) is 0. The van der Waals surface area contributed by atoms with Crippen molar-refractivity contribution in [3.63, 3.8) is 0 Å². The number of guanidine groups is 1. The van der Waals surface area contributed by atoms with Crippen molar-refractivity contribution in [3.05, 3.63) is 0 Å². The van der Waals surface area contributed by atoms with Crippen molar-refractivity contribution in [1.82, 2.24) is 4.81 Å². The van der Waals surface area contributed by atoms with Gasteiger partial charge in [-0.05, 0) is 6.92 Å². The highest BCUT2D eigenvalue weighted by Gasteiger charge is 2.00. The van der Waals surface area contributed by atoms with Gasteiger partial charge < -0.3 is 4.81 Å². The van der Waals surface area contributed by atoms with Crippen LogP contribution in [0.5, 0.6) is 0 Å². The Labute approximate surface area is 49.9 Å². The third-order valence-electron chi connectivity index (χ3n) is 0.808. The lowest BCUT2D eigenvalue weighted by Gasteiger charge is -2.11. The normalized spacial score (nSPS) is 8.75. The summed E-state index contributed by atoms with van der Waals surface area (Å²) in [6.07, 6.45) is 0. The standard InChI is InChI=1S/C3H9BN4/c1-2-8(4)3(5)7-6/h2,6H2,1H3,(H2,5,7)/p+1. The van der Waals surface area contributed by atoms with Crippen LogP contribution in [0.25, 0.3) is 0 Å². The number of nitrogens with one attached hydrogen (secondary N) is 1. The van der Waals surface area contributed by atoms with Gasteiger partial charge in [-0.2, -0.15) is 5.84 Å². The van der Waals surface area contributed by atoms with Gasteiger partial charge in [-0.25, -0.2) is 10.8 Å². The van der Waals surface area contributed by atoms with Crippen molar-refractivity contribution in [3.8, 4) is 0 Å². The fraction of sp³-hybridized carbons (Fsp3) is 0.667. The Morgan fingerprint density at radius 2 is 2.50 bits per heavy atom. The van der Waals surface area contributed by atoms with Crippen molar-refractivity contribution in [2.24, 2.45) is 5.84 Å². The molecule has 0 saturated carbocycles. The average Bonchev–Trinajstić information content (AvgIpc) is 1.84. The van der Waals surface area contributed by atoms with E-state index in [1.54, 1.807) is 0 Å². The molecule has 0 unspecified atom stereocenters. The van der Waals surface area contributed by atoms with Crippen molar-refractivity contribution in [2.75, 3.05) is 6.54 Å². The van der Waals surface area contributed by atoms with E-state index in [0.717, 1.165) is 5.43 Å². The summed E-state index contributed by atoms with van der Waals surface area (Å²) in [7, 11) is 5.22.